The van der Waals surface area contributed by atoms with Gasteiger partial charge in [-0.25, -0.2) is 4.98 Å². The zero-order valence-electron chi connectivity index (χ0n) is 9.98. The SMILES string of the molecule is CCC(=O)Nc1ccc(N2CCOCC2)cn1. The van der Waals surface area contributed by atoms with E-state index in [1.165, 1.54) is 0 Å². The number of amides is 1. The maximum absolute atomic E-state index is 11.2. The molecule has 1 aromatic rings. The molecule has 1 fully saturated rings. The highest BCUT2D eigenvalue weighted by molar-refractivity contribution is 5.89. The summed E-state index contributed by atoms with van der Waals surface area (Å²) < 4.78 is 5.29. The van der Waals surface area contributed by atoms with Crippen LogP contribution in [0.4, 0.5) is 11.5 Å². The van der Waals surface area contributed by atoms with Gasteiger partial charge in [0.25, 0.3) is 0 Å². The third-order valence-electron chi connectivity index (χ3n) is 2.71. The molecular formula is C12H17N3O2. The van der Waals surface area contributed by atoms with Crippen molar-refractivity contribution in [2.45, 2.75) is 13.3 Å². The number of nitrogens with one attached hydrogen (secondary N) is 1. The van der Waals surface area contributed by atoms with Crippen molar-refractivity contribution in [2.24, 2.45) is 0 Å². The summed E-state index contributed by atoms with van der Waals surface area (Å²) in [4.78, 5) is 17.6. The van der Waals surface area contributed by atoms with Crippen molar-refractivity contribution in [3.8, 4) is 0 Å². The zero-order chi connectivity index (χ0) is 12.1. The highest BCUT2D eigenvalue weighted by Gasteiger charge is 2.11. The molecule has 5 heteroatoms. The maximum Gasteiger partial charge on any atom is 0.225 e. The molecule has 1 N–H and O–H groups in total. The topological polar surface area (TPSA) is 54.5 Å². The molecule has 0 saturated carbocycles. The number of hydrogen-bond donors (Lipinski definition) is 1. The standard InChI is InChI=1S/C12H17N3O2/c1-2-12(16)14-11-4-3-10(9-13-11)15-5-7-17-8-6-15/h3-4,9H,2,5-8H2,1H3,(H,13,14,16). The van der Waals surface area contributed by atoms with Crippen LogP contribution in [0, 0.1) is 0 Å². The van der Waals surface area contributed by atoms with Gasteiger partial charge in [0.15, 0.2) is 0 Å². The number of carbonyl (C=O) groups is 1. The van der Waals surface area contributed by atoms with Crippen LogP contribution >= 0.6 is 0 Å². The summed E-state index contributed by atoms with van der Waals surface area (Å²) in [5.74, 6) is 0.588. The molecule has 0 aliphatic carbocycles. The third kappa shape index (κ3) is 3.17. The zero-order valence-corrected chi connectivity index (χ0v) is 9.98. The average molecular weight is 235 g/mol. The van der Waals surface area contributed by atoms with E-state index < -0.39 is 0 Å². The molecule has 0 aromatic carbocycles. The Kier molecular flexibility index (Phi) is 3.93. The minimum Gasteiger partial charge on any atom is -0.378 e. The Hall–Kier alpha value is -1.62. The van der Waals surface area contributed by atoms with E-state index in [1.807, 2.05) is 19.1 Å². The van der Waals surface area contributed by atoms with Gasteiger partial charge in [-0.1, -0.05) is 6.92 Å². The molecule has 2 rings (SSSR count). The first-order valence-electron chi connectivity index (χ1n) is 5.88. The normalized spacial score (nSPS) is 15.7. The second-order valence-corrected chi connectivity index (χ2v) is 3.90. The van der Waals surface area contributed by atoms with Crippen LogP contribution < -0.4 is 10.2 Å². The molecular weight excluding hydrogens is 218 g/mol. The molecule has 1 aliphatic rings. The van der Waals surface area contributed by atoms with Crippen molar-refractivity contribution in [3.63, 3.8) is 0 Å². The highest BCUT2D eigenvalue weighted by Crippen LogP contribution is 2.16. The summed E-state index contributed by atoms with van der Waals surface area (Å²) in [6.45, 7) is 5.12. The molecule has 5 nitrogen and oxygen atoms in total. The van der Waals surface area contributed by atoms with Crippen molar-refractivity contribution >= 4 is 17.4 Å². The predicted octanol–water partition coefficient (Wildman–Crippen LogP) is 1.27. The van der Waals surface area contributed by atoms with E-state index in [0.29, 0.717) is 12.2 Å². The Balaban J connectivity index is 1.99. The lowest BCUT2D eigenvalue weighted by Crippen LogP contribution is -2.36. The Morgan fingerprint density at radius 3 is 2.82 bits per heavy atom. The number of ether oxygens (including phenoxy) is 1. The summed E-state index contributed by atoms with van der Waals surface area (Å²) >= 11 is 0. The van der Waals surface area contributed by atoms with Crippen molar-refractivity contribution in [3.05, 3.63) is 18.3 Å². The van der Waals surface area contributed by atoms with Crippen LogP contribution in [-0.2, 0) is 9.53 Å². The number of anilines is 2. The van der Waals surface area contributed by atoms with Crippen molar-refractivity contribution in [1.29, 1.82) is 0 Å². The predicted molar refractivity (Wildman–Crippen MR) is 66.2 cm³/mol. The van der Waals surface area contributed by atoms with Crippen LogP contribution in [0.5, 0.6) is 0 Å². The monoisotopic (exact) mass is 235 g/mol. The lowest BCUT2D eigenvalue weighted by atomic mass is 10.3. The van der Waals surface area contributed by atoms with Gasteiger partial charge in [0.05, 0.1) is 25.1 Å². The lowest BCUT2D eigenvalue weighted by molar-refractivity contribution is -0.115. The number of pyridine rings is 1. The van der Waals surface area contributed by atoms with Gasteiger partial charge >= 0.3 is 0 Å². The summed E-state index contributed by atoms with van der Waals surface area (Å²) in [7, 11) is 0. The van der Waals surface area contributed by atoms with Gasteiger partial charge in [0.1, 0.15) is 5.82 Å². The van der Waals surface area contributed by atoms with Gasteiger partial charge in [0.2, 0.25) is 5.91 Å². The minimum atomic E-state index is -0.0170. The van der Waals surface area contributed by atoms with Crippen LogP contribution in [0.15, 0.2) is 18.3 Å². The van der Waals surface area contributed by atoms with E-state index in [1.54, 1.807) is 6.20 Å². The van der Waals surface area contributed by atoms with Gasteiger partial charge in [-0.3, -0.25) is 4.79 Å². The Bertz CT molecular complexity index is 372. The van der Waals surface area contributed by atoms with E-state index in [2.05, 4.69) is 15.2 Å². The number of morpholine rings is 1. The van der Waals surface area contributed by atoms with Crippen LogP contribution in [0.2, 0.25) is 0 Å². The molecule has 0 radical (unpaired) electrons. The van der Waals surface area contributed by atoms with Crippen LogP contribution in [0.3, 0.4) is 0 Å². The molecule has 1 aromatic heterocycles. The number of rotatable bonds is 3. The molecule has 1 amide bonds. The van der Waals surface area contributed by atoms with Gasteiger partial charge in [-0.05, 0) is 12.1 Å². The second-order valence-electron chi connectivity index (χ2n) is 3.90. The molecule has 0 spiro atoms. The molecule has 0 atom stereocenters. The molecule has 0 bridgehead atoms. The Labute approximate surface area is 101 Å². The first-order chi connectivity index (χ1) is 8.29. The van der Waals surface area contributed by atoms with E-state index >= 15 is 0 Å². The Morgan fingerprint density at radius 1 is 1.47 bits per heavy atom. The first kappa shape index (κ1) is 11.9. The van der Waals surface area contributed by atoms with E-state index in [4.69, 9.17) is 4.74 Å². The number of hydrogen-bond acceptors (Lipinski definition) is 4. The fourth-order valence-electron chi connectivity index (χ4n) is 1.70. The highest BCUT2D eigenvalue weighted by atomic mass is 16.5. The summed E-state index contributed by atoms with van der Waals surface area (Å²) in [5.41, 5.74) is 1.07. The molecule has 0 unspecified atom stereocenters. The molecule has 1 saturated heterocycles. The Morgan fingerprint density at radius 2 is 2.24 bits per heavy atom. The van der Waals surface area contributed by atoms with E-state index in [9.17, 15) is 4.79 Å². The van der Waals surface area contributed by atoms with E-state index in [-0.39, 0.29) is 5.91 Å². The fourth-order valence-corrected chi connectivity index (χ4v) is 1.70. The van der Waals surface area contributed by atoms with Gasteiger partial charge < -0.3 is 15.0 Å². The van der Waals surface area contributed by atoms with Gasteiger partial charge in [-0.2, -0.15) is 0 Å². The molecule has 92 valence electrons. The number of aromatic nitrogens is 1. The summed E-state index contributed by atoms with van der Waals surface area (Å²) in [5, 5.41) is 2.73. The van der Waals surface area contributed by atoms with Crippen molar-refractivity contribution in [2.75, 3.05) is 36.5 Å². The van der Waals surface area contributed by atoms with Gasteiger partial charge in [0, 0.05) is 19.5 Å². The van der Waals surface area contributed by atoms with Crippen LogP contribution in [0.25, 0.3) is 0 Å². The molecule has 1 aliphatic heterocycles. The fraction of sp³-hybridized carbons (Fsp3) is 0.500. The minimum absolute atomic E-state index is 0.0170. The van der Waals surface area contributed by atoms with Crippen molar-refractivity contribution in [1.82, 2.24) is 4.98 Å². The quantitative estimate of drug-likeness (QED) is 0.857. The van der Waals surface area contributed by atoms with Crippen molar-refractivity contribution < 1.29 is 9.53 Å². The molecule has 17 heavy (non-hydrogen) atoms. The number of carbonyl (C=O) groups excluding carboxylic acids is 1. The lowest BCUT2D eigenvalue weighted by Gasteiger charge is -2.28. The van der Waals surface area contributed by atoms with Gasteiger partial charge in [-0.15, -0.1) is 0 Å². The largest absolute Gasteiger partial charge is 0.378 e. The average Bonchev–Trinajstić information content (AvgIpc) is 2.40. The second kappa shape index (κ2) is 5.63. The summed E-state index contributed by atoms with van der Waals surface area (Å²) in [6, 6.07) is 3.81. The third-order valence-corrected chi connectivity index (χ3v) is 2.71. The van der Waals surface area contributed by atoms with Crippen LogP contribution in [0.1, 0.15) is 13.3 Å². The molecule has 2 heterocycles. The number of nitrogens with zero attached hydrogens (tertiary/aromatic N) is 2. The van der Waals surface area contributed by atoms with Crippen LogP contribution in [-0.4, -0.2) is 37.2 Å². The summed E-state index contributed by atoms with van der Waals surface area (Å²) in [6.07, 6.45) is 2.25. The van der Waals surface area contributed by atoms with E-state index in [0.717, 1.165) is 32.0 Å². The smallest absolute Gasteiger partial charge is 0.225 e. The maximum atomic E-state index is 11.2. The first-order valence-corrected chi connectivity index (χ1v) is 5.88.